The van der Waals surface area contributed by atoms with Crippen LogP contribution in [0.5, 0.6) is 0 Å². The Kier molecular flexibility index (Phi) is 3.72. The standard InChI is InChI=1S/C10H13NO.ClH/c11-12-10(9-6-7-9)8-4-2-1-3-5-8;/h1-5,9-10H,6-7,11H2;1H. The molecule has 3 heteroatoms. The van der Waals surface area contributed by atoms with Gasteiger partial charge in [0.1, 0.15) is 6.10 Å². The molecule has 0 heterocycles. The minimum absolute atomic E-state index is 0. The number of nitrogens with two attached hydrogens (primary N) is 1. The van der Waals surface area contributed by atoms with Gasteiger partial charge in [-0.05, 0) is 24.3 Å². The maximum absolute atomic E-state index is 5.25. The van der Waals surface area contributed by atoms with Crippen molar-refractivity contribution in [2.75, 3.05) is 0 Å². The van der Waals surface area contributed by atoms with Gasteiger partial charge >= 0.3 is 0 Å². The average molecular weight is 200 g/mol. The third-order valence-corrected chi connectivity index (χ3v) is 2.32. The second-order valence-electron chi connectivity index (χ2n) is 3.30. The van der Waals surface area contributed by atoms with E-state index in [2.05, 4.69) is 12.1 Å². The van der Waals surface area contributed by atoms with Crippen molar-refractivity contribution in [2.24, 2.45) is 11.8 Å². The smallest absolute Gasteiger partial charge is 0.106 e. The molecule has 72 valence electrons. The van der Waals surface area contributed by atoms with E-state index in [0.29, 0.717) is 5.92 Å². The minimum Gasteiger partial charge on any atom is -0.296 e. The lowest BCUT2D eigenvalue weighted by Crippen LogP contribution is -2.10. The summed E-state index contributed by atoms with van der Waals surface area (Å²) in [5.74, 6) is 5.90. The van der Waals surface area contributed by atoms with E-state index >= 15 is 0 Å². The van der Waals surface area contributed by atoms with E-state index in [1.165, 1.54) is 18.4 Å². The molecule has 2 nitrogen and oxygen atoms in total. The zero-order valence-corrected chi connectivity index (χ0v) is 8.17. The number of rotatable bonds is 3. The van der Waals surface area contributed by atoms with Crippen LogP contribution in [0, 0.1) is 5.92 Å². The molecule has 2 N–H and O–H groups in total. The van der Waals surface area contributed by atoms with E-state index < -0.39 is 0 Å². The highest BCUT2D eigenvalue weighted by Crippen LogP contribution is 2.42. The minimum atomic E-state index is 0. The Labute approximate surface area is 84.4 Å². The van der Waals surface area contributed by atoms with Gasteiger partial charge in [-0.15, -0.1) is 12.4 Å². The molecule has 0 spiro atoms. The topological polar surface area (TPSA) is 35.2 Å². The lowest BCUT2D eigenvalue weighted by molar-refractivity contribution is 0.0368. The maximum atomic E-state index is 5.25. The van der Waals surface area contributed by atoms with Crippen LogP contribution in [0.4, 0.5) is 0 Å². The van der Waals surface area contributed by atoms with Gasteiger partial charge in [0.05, 0.1) is 0 Å². The van der Waals surface area contributed by atoms with Crippen LogP contribution < -0.4 is 5.90 Å². The van der Waals surface area contributed by atoms with Crippen LogP contribution in [0.15, 0.2) is 30.3 Å². The molecule has 1 aromatic carbocycles. The summed E-state index contributed by atoms with van der Waals surface area (Å²) in [7, 11) is 0. The van der Waals surface area contributed by atoms with E-state index in [1.54, 1.807) is 0 Å². The summed E-state index contributed by atoms with van der Waals surface area (Å²) < 4.78 is 0. The summed E-state index contributed by atoms with van der Waals surface area (Å²) >= 11 is 0. The molecule has 0 radical (unpaired) electrons. The Bertz CT molecular complexity index is 248. The Morgan fingerprint density at radius 1 is 1.23 bits per heavy atom. The highest BCUT2D eigenvalue weighted by molar-refractivity contribution is 5.85. The molecule has 1 aliphatic carbocycles. The molecule has 0 aliphatic heterocycles. The summed E-state index contributed by atoms with van der Waals surface area (Å²) in [6, 6.07) is 10.2. The first-order chi connectivity index (χ1) is 5.92. The fourth-order valence-corrected chi connectivity index (χ4v) is 1.50. The van der Waals surface area contributed by atoms with Gasteiger partial charge in [-0.2, -0.15) is 0 Å². The largest absolute Gasteiger partial charge is 0.296 e. The highest BCUT2D eigenvalue weighted by Gasteiger charge is 2.32. The third kappa shape index (κ3) is 2.44. The first-order valence-corrected chi connectivity index (χ1v) is 4.32. The highest BCUT2D eigenvalue weighted by atomic mass is 35.5. The summed E-state index contributed by atoms with van der Waals surface area (Å²) in [5.41, 5.74) is 1.20. The quantitative estimate of drug-likeness (QED) is 0.760. The molecule has 1 aromatic rings. The summed E-state index contributed by atoms with van der Waals surface area (Å²) in [6.45, 7) is 0. The monoisotopic (exact) mass is 199 g/mol. The van der Waals surface area contributed by atoms with Crippen LogP contribution in [-0.4, -0.2) is 0 Å². The van der Waals surface area contributed by atoms with Crippen molar-refractivity contribution in [2.45, 2.75) is 18.9 Å². The molecular weight excluding hydrogens is 186 g/mol. The van der Waals surface area contributed by atoms with Gasteiger partial charge in [-0.1, -0.05) is 30.3 Å². The molecule has 0 saturated heterocycles. The van der Waals surface area contributed by atoms with Crippen molar-refractivity contribution >= 4 is 12.4 Å². The lowest BCUT2D eigenvalue weighted by Gasteiger charge is -2.12. The summed E-state index contributed by atoms with van der Waals surface area (Å²) in [6.07, 6.45) is 2.61. The van der Waals surface area contributed by atoms with Crippen LogP contribution in [0.1, 0.15) is 24.5 Å². The summed E-state index contributed by atoms with van der Waals surface area (Å²) in [5, 5.41) is 0. The van der Waals surface area contributed by atoms with Gasteiger partial charge in [0.25, 0.3) is 0 Å². The molecule has 1 unspecified atom stereocenters. The van der Waals surface area contributed by atoms with Crippen molar-refractivity contribution in [1.82, 2.24) is 0 Å². The maximum Gasteiger partial charge on any atom is 0.106 e. The van der Waals surface area contributed by atoms with E-state index in [1.807, 2.05) is 18.2 Å². The first kappa shape index (κ1) is 10.5. The molecule has 1 atom stereocenters. The van der Waals surface area contributed by atoms with Crippen molar-refractivity contribution in [1.29, 1.82) is 0 Å². The van der Waals surface area contributed by atoms with Crippen LogP contribution >= 0.6 is 12.4 Å². The Hall–Kier alpha value is -0.570. The third-order valence-electron chi connectivity index (χ3n) is 2.32. The van der Waals surface area contributed by atoms with Crippen molar-refractivity contribution in [3.63, 3.8) is 0 Å². The van der Waals surface area contributed by atoms with Crippen molar-refractivity contribution in [3.8, 4) is 0 Å². The van der Waals surface area contributed by atoms with Crippen LogP contribution in [0.25, 0.3) is 0 Å². The number of hydrogen-bond acceptors (Lipinski definition) is 2. The fourth-order valence-electron chi connectivity index (χ4n) is 1.50. The first-order valence-electron chi connectivity index (χ1n) is 4.32. The van der Waals surface area contributed by atoms with Crippen LogP contribution in [0.2, 0.25) is 0 Å². The van der Waals surface area contributed by atoms with E-state index in [0.717, 1.165) is 0 Å². The molecule has 1 fully saturated rings. The number of benzene rings is 1. The van der Waals surface area contributed by atoms with E-state index in [4.69, 9.17) is 10.7 Å². The van der Waals surface area contributed by atoms with Crippen LogP contribution in [0.3, 0.4) is 0 Å². The second-order valence-corrected chi connectivity index (χ2v) is 3.30. The molecule has 13 heavy (non-hydrogen) atoms. The average Bonchev–Trinajstić information content (AvgIpc) is 2.92. The van der Waals surface area contributed by atoms with Gasteiger partial charge in [-0.3, -0.25) is 4.84 Å². The molecule has 2 rings (SSSR count). The predicted molar refractivity (Wildman–Crippen MR) is 54.4 cm³/mol. The Morgan fingerprint density at radius 3 is 2.31 bits per heavy atom. The Morgan fingerprint density at radius 2 is 1.85 bits per heavy atom. The normalized spacial score (nSPS) is 17.6. The van der Waals surface area contributed by atoms with Gasteiger partial charge in [0.2, 0.25) is 0 Å². The SMILES string of the molecule is Cl.NOC(c1ccccc1)C1CC1. The lowest BCUT2D eigenvalue weighted by atomic mass is 10.1. The van der Waals surface area contributed by atoms with Gasteiger partial charge < -0.3 is 0 Å². The van der Waals surface area contributed by atoms with Crippen molar-refractivity contribution in [3.05, 3.63) is 35.9 Å². The number of hydrogen-bond donors (Lipinski definition) is 1. The predicted octanol–water partition coefficient (Wildman–Crippen LogP) is 2.45. The zero-order valence-electron chi connectivity index (χ0n) is 7.35. The molecule has 0 aromatic heterocycles. The molecule has 0 bridgehead atoms. The van der Waals surface area contributed by atoms with Gasteiger partial charge in [0.15, 0.2) is 0 Å². The zero-order chi connectivity index (χ0) is 8.39. The Balaban J connectivity index is 0.000000845. The van der Waals surface area contributed by atoms with Crippen molar-refractivity contribution < 1.29 is 4.84 Å². The molecule has 1 saturated carbocycles. The molecular formula is C10H14ClNO. The fraction of sp³-hybridized carbons (Fsp3) is 0.400. The van der Waals surface area contributed by atoms with Crippen LogP contribution in [-0.2, 0) is 4.84 Å². The van der Waals surface area contributed by atoms with E-state index in [9.17, 15) is 0 Å². The molecule has 0 amide bonds. The van der Waals surface area contributed by atoms with E-state index in [-0.39, 0.29) is 18.5 Å². The second kappa shape index (κ2) is 4.61. The summed E-state index contributed by atoms with van der Waals surface area (Å²) in [4.78, 5) is 4.96. The van der Waals surface area contributed by atoms with Gasteiger partial charge in [-0.25, -0.2) is 5.90 Å². The number of halogens is 1. The van der Waals surface area contributed by atoms with Gasteiger partial charge in [0, 0.05) is 0 Å². The molecule has 1 aliphatic rings.